The number of aliphatic hydroxyl groups is 3. The highest BCUT2D eigenvalue weighted by Gasteiger charge is 2.56. The van der Waals surface area contributed by atoms with Crippen molar-refractivity contribution < 1.29 is 71.9 Å². The van der Waals surface area contributed by atoms with Gasteiger partial charge in [0, 0.05) is 0 Å². The molecule has 9 N–H and O–H groups in total. The average molecular weight is 420 g/mol. The molecule has 0 aromatic rings. The van der Waals surface area contributed by atoms with Gasteiger partial charge in [0.05, 0.1) is 0 Å². The monoisotopic (exact) mass is 420 g/mol. The van der Waals surface area contributed by atoms with E-state index < -0.39 is 60.1 Å². The molecule has 0 aromatic heterocycles. The fourth-order valence-corrected chi connectivity index (χ4v) is 3.70. The lowest BCUT2D eigenvalue weighted by Gasteiger charge is -2.44. The molecule has 0 spiro atoms. The zero-order chi connectivity index (χ0) is 19.1. The van der Waals surface area contributed by atoms with Crippen LogP contribution in [0.2, 0.25) is 0 Å². The third kappa shape index (κ3) is 6.50. The zero-order valence-electron chi connectivity index (χ0n) is 11.3. The number of rotatable bonds is 6. The summed E-state index contributed by atoms with van der Waals surface area (Å²) >= 11 is 0. The van der Waals surface area contributed by atoms with Crippen LogP contribution in [0.5, 0.6) is 0 Å². The summed E-state index contributed by atoms with van der Waals surface area (Å²) in [5, 5.41) is 29.3. The SMILES string of the molecule is O=P(O)(O)OC1[C@@H](OP(=O)(O)O)C(O)C(O)[C@@H](OP(=O)(O)O)[C@H]1O. The topological polar surface area (TPSA) is 261 Å². The molecule has 1 rings (SSSR count). The highest BCUT2D eigenvalue weighted by Crippen LogP contribution is 2.49. The van der Waals surface area contributed by atoms with Crippen LogP contribution in [-0.2, 0) is 27.3 Å². The second kappa shape index (κ2) is 7.45. The number of phosphoric ester groups is 3. The van der Waals surface area contributed by atoms with E-state index in [9.17, 15) is 29.0 Å². The maximum atomic E-state index is 10.9. The van der Waals surface area contributed by atoms with Crippen LogP contribution in [0.3, 0.4) is 0 Å². The van der Waals surface area contributed by atoms with Crippen molar-refractivity contribution in [3.05, 3.63) is 0 Å². The van der Waals surface area contributed by atoms with E-state index in [4.69, 9.17) is 29.4 Å². The Hall–Kier alpha value is 0.210. The van der Waals surface area contributed by atoms with E-state index in [2.05, 4.69) is 13.6 Å². The Labute approximate surface area is 133 Å². The van der Waals surface area contributed by atoms with Crippen molar-refractivity contribution in [2.24, 2.45) is 0 Å². The van der Waals surface area contributed by atoms with Crippen LogP contribution in [0.15, 0.2) is 0 Å². The van der Waals surface area contributed by atoms with Gasteiger partial charge in [0.2, 0.25) is 0 Å². The Morgan fingerprint density at radius 3 is 1.08 bits per heavy atom. The smallest absolute Gasteiger partial charge is 0.387 e. The normalized spacial score (nSPS) is 35.9. The predicted molar refractivity (Wildman–Crippen MR) is 68.8 cm³/mol. The summed E-state index contributed by atoms with van der Waals surface area (Å²) in [4.78, 5) is 52.4. The number of aliphatic hydroxyl groups excluding tert-OH is 3. The second-order valence-electron chi connectivity index (χ2n) is 4.65. The van der Waals surface area contributed by atoms with Crippen molar-refractivity contribution in [1.82, 2.24) is 0 Å². The molecule has 0 heterocycles. The molecule has 144 valence electrons. The van der Waals surface area contributed by atoms with E-state index in [1.165, 1.54) is 0 Å². The van der Waals surface area contributed by atoms with Crippen LogP contribution in [-0.4, -0.2) is 81.3 Å². The summed E-state index contributed by atoms with van der Waals surface area (Å²) in [5.74, 6) is 0. The van der Waals surface area contributed by atoms with Crippen molar-refractivity contribution >= 4 is 23.5 Å². The van der Waals surface area contributed by atoms with Gasteiger partial charge in [-0.2, -0.15) is 0 Å². The largest absolute Gasteiger partial charge is 0.470 e. The van der Waals surface area contributed by atoms with Gasteiger partial charge in [-0.1, -0.05) is 0 Å². The Morgan fingerprint density at radius 2 is 0.750 bits per heavy atom. The third-order valence-corrected chi connectivity index (χ3v) is 4.35. The summed E-state index contributed by atoms with van der Waals surface area (Å²) in [6.45, 7) is 0. The first-order valence-corrected chi connectivity index (χ1v) is 10.4. The molecule has 1 saturated carbocycles. The molecule has 3 unspecified atom stereocenters. The molecule has 0 saturated heterocycles. The van der Waals surface area contributed by atoms with Gasteiger partial charge in [-0.05, 0) is 0 Å². The lowest BCUT2D eigenvalue weighted by Crippen LogP contribution is -2.65. The van der Waals surface area contributed by atoms with E-state index in [1.807, 2.05) is 0 Å². The minimum absolute atomic E-state index is 2.32. The van der Waals surface area contributed by atoms with Crippen LogP contribution < -0.4 is 0 Å². The number of phosphoric acid groups is 3. The standard InChI is InChI=1S/C6H15O15P3/c7-1-2(8)5(20-23(13,14)15)6(21-24(16,17)18)3(9)4(1)19-22(10,11)12/h1-9H,(H2,10,11,12)(H2,13,14,15)(H2,16,17,18)/t1?,2?,3-,4-,5+,6?/m1/s1. The maximum Gasteiger partial charge on any atom is 0.470 e. The van der Waals surface area contributed by atoms with Gasteiger partial charge in [-0.25, -0.2) is 13.7 Å². The molecular weight excluding hydrogens is 405 g/mol. The quantitative estimate of drug-likeness (QED) is 0.189. The van der Waals surface area contributed by atoms with Gasteiger partial charge in [0.25, 0.3) is 0 Å². The fraction of sp³-hybridized carbons (Fsp3) is 1.00. The first-order chi connectivity index (χ1) is 10.5. The Balaban J connectivity index is 3.23. The Morgan fingerprint density at radius 1 is 0.500 bits per heavy atom. The van der Waals surface area contributed by atoms with Gasteiger partial charge < -0.3 is 44.7 Å². The van der Waals surface area contributed by atoms with Crippen LogP contribution in [0, 0.1) is 0 Å². The van der Waals surface area contributed by atoms with E-state index in [0.29, 0.717) is 0 Å². The maximum absolute atomic E-state index is 10.9. The first-order valence-electron chi connectivity index (χ1n) is 5.78. The van der Waals surface area contributed by atoms with E-state index >= 15 is 0 Å². The summed E-state index contributed by atoms with van der Waals surface area (Å²) < 4.78 is 44.7. The molecule has 0 bridgehead atoms. The van der Waals surface area contributed by atoms with Crippen LogP contribution in [0.1, 0.15) is 0 Å². The zero-order valence-corrected chi connectivity index (χ0v) is 14.0. The van der Waals surface area contributed by atoms with Gasteiger partial charge in [-0.3, -0.25) is 13.6 Å². The van der Waals surface area contributed by atoms with Crippen LogP contribution in [0.4, 0.5) is 0 Å². The molecular formula is C6H15O15P3. The lowest BCUT2D eigenvalue weighted by atomic mass is 9.85. The summed E-state index contributed by atoms with van der Waals surface area (Å²) in [5.41, 5.74) is 0. The molecule has 0 aromatic carbocycles. The summed E-state index contributed by atoms with van der Waals surface area (Å²) in [7, 11) is -16.2. The van der Waals surface area contributed by atoms with Gasteiger partial charge in [0.1, 0.15) is 36.6 Å². The van der Waals surface area contributed by atoms with E-state index in [1.54, 1.807) is 0 Å². The third-order valence-electron chi connectivity index (χ3n) is 2.80. The molecule has 6 atom stereocenters. The minimum Gasteiger partial charge on any atom is -0.387 e. The van der Waals surface area contributed by atoms with Gasteiger partial charge in [0.15, 0.2) is 0 Å². The Bertz CT molecular complexity index is 574. The first kappa shape index (κ1) is 22.3. The molecule has 0 amide bonds. The number of hydrogen-bond acceptors (Lipinski definition) is 9. The summed E-state index contributed by atoms with van der Waals surface area (Å²) in [6, 6.07) is 0. The van der Waals surface area contributed by atoms with E-state index in [0.717, 1.165) is 0 Å². The average Bonchev–Trinajstić information content (AvgIpc) is 2.32. The molecule has 0 radical (unpaired) electrons. The van der Waals surface area contributed by atoms with Crippen molar-refractivity contribution in [3.8, 4) is 0 Å². The molecule has 1 aliphatic carbocycles. The highest BCUT2D eigenvalue weighted by molar-refractivity contribution is 7.46. The van der Waals surface area contributed by atoms with Gasteiger partial charge in [-0.15, -0.1) is 0 Å². The summed E-state index contributed by atoms with van der Waals surface area (Å²) in [6.07, 6.45) is -14.3. The minimum atomic E-state index is -5.43. The molecule has 0 aliphatic heterocycles. The predicted octanol–water partition coefficient (Wildman–Crippen LogP) is -3.48. The fourth-order valence-electron chi connectivity index (χ4n) is 2.01. The van der Waals surface area contributed by atoms with Crippen molar-refractivity contribution in [2.45, 2.75) is 36.6 Å². The molecule has 24 heavy (non-hydrogen) atoms. The van der Waals surface area contributed by atoms with E-state index in [-0.39, 0.29) is 0 Å². The lowest BCUT2D eigenvalue weighted by molar-refractivity contribution is -0.212. The van der Waals surface area contributed by atoms with Crippen LogP contribution in [0.25, 0.3) is 0 Å². The molecule has 18 heteroatoms. The number of hydrogen-bond donors (Lipinski definition) is 9. The van der Waals surface area contributed by atoms with Crippen molar-refractivity contribution in [3.63, 3.8) is 0 Å². The Kier molecular flexibility index (Phi) is 6.90. The van der Waals surface area contributed by atoms with Crippen LogP contribution >= 0.6 is 23.5 Å². The van der Waals surface area contributed by atoms with Gasteiger partial charge >= 0.3 is 23.5 Å². The molecule has 15 nitrogen and oxygen atoms in total. The van der Waals surface area contributed by atoms with Crippen molar-refractivity contribution in [2.75, 3.05) is 0 Å². The highest BCUT2D eigenvalue weighted by atomic mass is 31.2. The molecule has 1 aliphatic rings. The van der Waals surface area contributed by atoms with Crippen molar-refractivity contribution in [1.29, 1.82) is 0 Å². The second-order valence-corrected chi connectivity index (χ2v) is 8.23. The molecule has 1 fully saturated rings.